The van der Waals surface area contributed by atoms with Gasteiger partial charge in [0.15, 0.2) is 0 Å². The number of amides is 2. The van der Waals surface area contributed by atoms with Crippen molar-refractivity contribution in [2.24, 2.45) is 5.92 Å². The van der Waals surface area contributed by atoms with Gasteiger partial charge in [-0.05, 0) is 30.7 Å². The smallest absolute Gasteiger partial charge is 0.315 e. The highest BCUT2D eigenvalue weighted by Gasteiger charge is 2.29. The van der Waals surface area contributed by atoms with Crippen LogP contribution in [0.15, 0.2) is 30.3 Å². The lowest BCUT2D eigenvalue weighted by Crippen LogP contribution is -2.55. The van der Waals surface area contributed by atoms with E-state index in [1.165, 1.54) is 5.56 Å². The van der Waals surface area contributed by atoms with Crippen molar-refractivity contribution in [3.63, 3.8) is 0 Å². The molecule has 0 bridgehead atoms. The summed E-state index contributed by atoms with van der Waals surface area (Å²) in [7, 11) is 0. The van der Waals surface area contributed by atoms with Crippen LogP contribution in [0.25, 0.3) is 0 Å². The van der Waals surface area contributed by atoms with E-state index in [2.05, 4.69) is 46.7 Å². The Balaban J connectivity index is 1.44. The minimum Gasteiger partial charge on any atom is -0.391 e. The Bertz CT molecular complexity index is 551. The van der Waals surface area contributed by atoms with Crippen LogP contribution in [0.1, 0.15) is 44.6 Å². The normalized spacial score (nSPS) is 30.6. The zero-order valence-electron chi connectivity index (χ0n) is 15.2. The number of aliphatic hydroxyl groups is 1. The van der Waals surface area contributed by atoms with Crippen molar-refractivity contribution in [1.29, 1.82) is 0 Å². The van der Waals surface area contributed by atoms with E-state index in [-0.39, 0.29) is 18.1 Å². The highest BCUT2D eigenvalue weighted by Crippen LogP contribution is 2.20. The number of urea groups is 1. The molecule has 5 nitrogen and oxygen atoms in total. The molecule has 1 aromatic carbocycles. The maximum absolute atomic E-state index is 12.3. The van der Waals surface area contributed by atoms with Crippen LogP contribution < -0.4 is 10.6 Å². The van der Waals surface area contributed by atoms with Gasteiger partial charge in [0.05, 0.1) is 12.1 Å². The number of benzene rings is 1. The van der Waals surface area contributed by atoms with Crippen LogP contribution >= 0.6 is 0 Å². The second-order valence-corrected chi connectivity index (χ2v) is 7.67. The molecule has 138 valence electrons. The van der Waals surface area contributed by atoms with E-state index in [0.29, 0.717) is 5.92 Å². The van der Waals surface area contributed by atoms with Gasteiger partial charge in [-0.2, -0.15) is 0 Å². The first-order chi connectivity index (χ1) is 12.1. The lowest BCUT2D eigenvalue weighted by molar-refractivity contribution is 0.0922. The summed E-state index contributed by atoms with van der Waals surface area (Å²) in [4.78, 5) is 14.8. The molecule has 1 aliphatic carbocycles. The molecule has 0 radical (unpaired) electrons. The number of hydrogen-bond donors (Lipinski definition) is 3. The highest BCUT2D eigenvalue weighted by molar-refractivity contribution is 5.74. The van der Waals surface area contributed by atoms with E-state index >= 15 is 0 Å². The van der Waals surface area contributed by atoms with Gasteiger partial charge in [-0.25, -0.2) is 4.79 Å². The van der Waals surface area contributed by atoms with Gasteiger partial charge in [0.25, 0.3) is 0 Å². The predicted octanol–water partition coefficient (Wildman–Crippen LogP) is 2.50. The van der Waals surface area contributed by atoms with Crippen molar-refractivity contribution < 1.29 is 9.90 Å². The molecule has 3 N–H and O–H groups in total. The monoisotopic (exact) mass is 345 g/mol. The molecule has 0 aromatic heterocycles. The summed E-state index contributed by atoms with van der Waals surface area (Å²) in [5.74, 6) is 0.416. The molecule has 1 heterocycles. The van der Waals surface area contributed by atoms with Gasteiger partial charge in [-0.15, -0.1) is 0 Å². The zero-order valence-corrected chi connectivity index (χ0v) is 15.2. The SMILES string of the molecule is C[C@@H]1CN(Cc2ccccc2)CC[C@@H]1NC(=O)N[C@H]1CCCC[C@@H]1O. The maximum atomic E-state index is 12.3. The Morgan fingerprint density at radius 2 is 1.84 bits per heavy atom. The molecule has 1 aromatic rings. The molecule has 2 amide bonds. The molecule has 0 spiro atoms. The minimum atomic E-state index is -0.398. The maximum Gasteiger partial charge on any atom is 0.315 e. The summed E-state index contributed by atoms with van der Waals surface area (Å²) in [5, 5.41) is 16.1. The topological polar surface area (TPSA) is 64.6 Å². The molecule has 5 heteroatoms. The Hall–Kier alpha value is -1.59. The van der Waals surface area contributed by atoms with Crippen LogP contribution in [-0.4, -0.2) is 47.3 Å². The first-order valence-corrected chi connectivity index (χ1v) is 9.63. The lowest BCUT2D eigenvalue weighted by atomic mass is 9.92. The molecule has 1 aliphatic heterocycles. The number of piperidine rings is 1. The number of nitrogens with zero attached hydrogens (tertiary/aromatic N) is 1. The van der Waals surface area contributed by atoms with E-state index in [1.54, 1.807) is 0 Å². The lowest BCUT2D eigenvalue weighted by Gasteiger charge is -2.38. The van der Waals surface area contributed by atoms with Crippen molar-refractivity contribution in [3.05, 3.63) is 35.9 Å². The molecular weight excluding hydrogens is 314 g/mol. The number of nitrogens with one attached hydrogen (secondary N) is 2. The Kier molecular flexibility index (Phi) is 6.32. The van der Waals surface area contributed by atoms with Gasteiger partial charge in [0.1, 0.15) is 0 Å². The highest BCUT2D eigenvalue weighted by atomic mass is 16.3. The van der Waals surface area contributed by atoms with Crippen LogP contribution in [0.3, 0.4) is 0 Å². The molecule has 2 fully saturated rings. The second kappa shape index (κ2) is 8.68. The third-order valence-electron chi connectivity index (χ3n) is 5.60. The van der Waals surface area contributed by atoms with Crippen LogP contribution in [-0.2, 0) is 6.54 Å². The summed E-state index contributed by atoms with van der Waals surface area (Å²) in [6.07, 6.45) is 4.37. The number of rotatable bonds is 4. The molecular formula is C20H31N3O2. The summed E-state index contributed by atoms with van der Waals surface area (Å²) in [6, 6.07) is 10.5. The van der Waals surface area contributed by atoms with E-state index < -0.39 is 6.10 Å². The fourth-order valence-electron chi connectivity index (χ4n) is 4.09. The fourth-order valence-corrected chi connectivity index (χ4v) is 4.09. The van der Waals surface area contributed by atoms with Crippen LogP contribution in [0.5, 0.6) is 0 Å². The third-order valence-corrected chi connectivity index (χ3v) is 5.60. The van der Waals surface area contributed by atoms with Gasteiger partial charge in [0, 0.05) is 25.7 Å². The largest absolute Gasteiger partial charge is 0.391 e. The number of hydrogen-bond acceptors (Lipinski definition) is 3. The third kappa shape index (κ3) is 5.19. The van der Waals surface area contributed by atoms with E-state index in [9.17, 15) is 9.90 Å². The molecule has 3 rings (SSSR count). The first kappa shape index (κ1) is 18.2. The summed E-state index contributed by atoms with van der Waals surface area (Å²) >= 11 is 0. The average Bonchev–Trinajstić information content (AvgIpc) is 2.60. The second-order valence-electron chi connectivity index (χ2n) is 7.67. The Morgan fingerprint density at radius 1 is 1.12 bits per heavy atom. The van der Waals surface area contributed by atoms with Gasteiger partial charge < -0.3 is 15.7 Å². The van der Waals surface area contributed by atoms with Crippen molar-refractivity contribution in [1.82, 2.24) is 15.5 Å². The molecule has 25 heavy (non-hydrogen) atoms. The van der Waals surface area contributed by atoms with Crippen molar-refractivity contribution in [2.75, 3.05) is 13.1 Å². The predicted molar refractivity (Wildman–Crippen MR) is 99.2 cm³/mol. The molecule has 2 aliphatic rings. The quantitative estimate of drug-likeness (QED) is 0.786. The van der Waals surface area contributed by atoms with Gasteiger partial charge in [0.2, 0.25) is 0 Å². The van der Waals surface area contributed by atoms with Crippen molar-refractivity contribution >= 4 is 6.03 Å². The summed E-state index contributed by atoms with van der Waals surface area (Å²) in [6.45, 7) is 5.16. The van der Waals surface area contributed by atoms with Gasteiger partial charge in [-0.3, -0.25) is 4.90 Å². The average molecular weight is 345 g/mol. The molecule has 4 atom stereocenters. The standard InChI is InChI=1S/C20H31N3O2/c1-15-13-23(14-16-7-3-2-4-8-16)12-11-17(15)21-20(25)22-18-9-5-6-10-19(18)24/h2-4,7-8,15,17-19,24H,5-6,9-14H2,1H3,(H2,21,22,25)/t15-,17+,18+,19+/m1/s1. The van der Waals surface area contributed by atoms with E-state index in [4.69, 9.17) is 0 Å². The summed E-state index contributed by atoms with van der Waals surface area (Å²) in [5.41, 5.74) is 1.34. The van der Waals surface area contributed by atoms with E-state index in [0.717, 1.165) is 51.7 Å². The number of carbonyl (C=O) groups excluding carboxylic acids is 1. The zero-order chi connectivity index (χ0) is 17.6. The first-order valence-electron chi connectivity index (χ1n) is 9.63. The van der Waals surface area contributed by atoms with Gasteiger partial charge >= 0.3 is 6.03 Å². The minimum absolute atomic E-state index is 0.0952. The molecule has 0 unspecified atom stereocenters. The van der Waals surface area contributed by atoms with Crippen molar-refractivity contribution in [3.8, 4) is 0 Å². The Labute approximate surface area is 150 Å². The molecule has 1 saturated heterocycles. The fraction of sp³-hybridized carbons (Fsp3) is 0.650. The Morgan fingerprint density at radius 3 is 2.56 bits per heavy atom. The molecule has 1 saturated carbocycles. The van der Waals surface area contributed by atoms with Crippen molar-refractivity contribution in [2.45, 2.75) is 63.8 Å². The number of carbonyl (C=O) groups is 1. The number of likely N-dealkylation sites (tertiary alicyclic amines) is 1. The van der Waals surface area contributed by atoms with Crippen LogP contribution in [0.4, 0.5) is 4.79 Å². The van der Waals surface area contributed by atoms with Crippen LogP contribution in [0, 0.1) is 5.92 Å². The van der Waals surface area contributed by atoms with Gasteiger partial charge in [-0.1, -0.05) is 50.1 Å². The summed E-state index contributed by atoms with van der Waals surface area (Å²) < 4.78 is 0. The van der Waals surface area contributed by atoms with Crippen LogP contribution in [0.2, 0.25) is 0 Å². The number of aliphatic hydroxyl groups excluding tert-OH is 1. The van der Waals surface area contributed by atoms with E-state index in [1.807, 2.05) is 6.07 Å².